The maximum atomic E-state index is 12.6. The van der Waals surface area contributed by atoms with Gasteiger partial charge in [0.1, 0.15) is 5.58 Å². The van der Waals surface area contributed by atoms with Crippen LogP contribution in [0.3, 0.4) is 0 Å². The zero-order valence-electron chi connectivity index (χ0n) is 17.4. The van der Waals surface area contributed by atoms with Gasteiger partial charge in [-0.25, -0.2) is 0 Å². The highest BCUT2D eigenvalue weighted by atomic mass is 35.5. The first-order valence-corrected chi connectivity index (χ1v) is 9.91. The third kappa shape index (κ3) is 5.07. The molecule has 0 unspecified atom stereocenters. The number of hydrogen-bond donors (Lipinski definition) is 2. The van der Waals surface area contributed by atoms with Crippen molar-refractivity contribution >= 4 is 29.3 Å². The summed E-state index contributed by atoms with van der Waals surface area (Å²) in [5, 5.41) is 7.57. The number of benzene rings is 1. The fourth-order valence-electron chi connectivity index (χ4n) is 4.16. The molecule has 1 aliphatic heterocycles. The molecule has 0 spiro atoms. The lowest BCUT2D eigenvalue weighted by Gasteiger charge is -2.37. The van der Waals surface area contributed by atoms with Crippen molar-refractivity contribution in [3.8, 4) is 0 Å². The minimum absolute atomic E-state index is 0. The van der Waals surface area contributed by atoms with E-state index in [1.54, 1.807) is 13.4 Å². The van der Waals surface area contributed by atoms with Crippen molar-refractivity contribution in [2.24, 2.45) is 5.41 Å². The zero-order chi connectivity index (χ0) is 19.4. The smallest absolute Gasteiger partial charge is 0.224 e. The summed E-state index contributed by atoms with van der Waals surface area (Å²) in [7, 11) is 1.73. The topological polar surface area (TPSA) is 63.5 Å². The summed E-state index contributed by atoms with van der Waals surface area (Å²) in [5.41, 5.74) is 4.38. The standard InChI is InChI=1S/C22H32N2O3.ClH/c1-15(2)18-11-19-17(12-27-20(19)9-16(18)3)10-21(25)24-13-22(14-26-4)5-7-23-8-6-22;/h9,11-12,15,23H,5-8,10,13-14H2,1-4H3,(H,24,25);1H. The second kappa shape index (κ2) is 9.77. The molecule has 3 rings (SSSR count). The maximum absolute atomic E-state index is 12.6. The van der Waals surface area contributed by atoms with Crippen LogP contribution in [0, 0.1) is 12.3 Å². The number of amides is 1. The minimum atomic E-state index is 0. The molecule has 1 aliphatic rings. The fourth-order valence-corrected chi connectivity index (χ4v) is 4.16. The average molecular weight is 409 g/mol. The van der Waals surface area contributed by atoms with Crippen molar-refractivity contribution < 1.29 is 13.9 Å². The van der Waals surface area contributed by atoms with Crippen LogP contribution in [0.1, 0.15) is 49.3 Å². The third-order valence-electron chi connectivity index (χ3n) is 5.79. The summed E-state index contributed by atoms with van der Waals surface area (Å²) in [5.74, 6) is 0.484. The van der Waals surface area contributed by atoms with Gasteiger partial charge >= 0.3 is 0 Å². The Hall–Kier alpha value is -1.56. The van der Waals surface area contributed by atoms with Gasteiger partial charge in [-0.1, -0.05) is 13.8 Å². The lowest BCUT2D eigenvalue weighted by Crippen LogP contribution is -2.47. The van der Waals surface area contributed by atoms with Crippen molar-refractivity contribution in [1.29, 1.82) is 0 Å². The predicted molar refractivity (Wildman–Crippen MR) is 115 cm³/mol. The Morgan fingerprint density at radius 2 is 2.04 bits per heavy atom. The third-order valence-corrected chi connectivity index (χ3v) is 5.79. The average Bonchev–Trinajstić information content (AvgIpc) is 3.02. The quantitative estimate of drug-likeness (QED) is 0.727. The molecule has 0 atom stereocenters. The van der Waals surface area contributed by atoms with Crippen LogP contribution in [0.4, 0.5) is 0 Å². The van der Waals surface area contributed by atoms with E-state index in [0.717, 1.165) is 42.5 Å². The van der Waals surface area contributed by atoms with E-state index < -0.39 is 0 Å². The molecule has 1 saturated heterocycles. The van der Waals surface area contributed by atoms with E-state index in [1.807, 2.05) is 0 Å². The van der Waals surface area contributed by atoms with Crippen molar-refractivity contribution in [1.82, 2.24) is 10.6 Å². The van der Waals surface area contributed by atoms with Crippen LogP contribution in [-0.4, -0.2) is 39.3 Å². The Morgan fingerprint density at radius 3 is 2.68 bits per heavy atom. The number of carbonyl (C=O) groups excluding carboxylic acids is 1. The van der Waals surface area contributed by atoms with Gasteiger partial charge in [-0.2, -0.15) is 0 Å². The Balaban J connectivity index is 0.00000280. The van der Waals surface area contributed by atoms with Crippen LogP contribution in [0.5, 0.6) is 0 Å². The molecule has 2 aromatic rings. The number of aryl methyl sites for hydroxylation is 1. The Bertz CT molecular complexity index is 789. The predicted octanol–water partition coefficient (Wildman–Crippen LogP) is 3.96. The lowest BCUT2D eigenvalue weighted by molar-refractivity contribution is -0.121. The summed E-state index contributed by atoms with van der Waals surface area (Å²) in [6.45, 7) is 9.78. The van der Waals surface area contributed by atoms with Crippen LogP contribution in [-0.2, 0) is 16.0 Å². The number of furan rings is 1. The van der Waals surface area contributed by atoms with Crippen LogP contribution in [0.25, 0.3) is 11.0 Å². The van der Waals surface area contributed by atoms with Crippen molar-refractivity contribution in [2.45, 2.75) is 46.0 Å². The second-order valence-corrected chi connectivity index (χ2v) is 8.26. The van der Waals surface area contributed by atoms with Crippen molar-refractivity contribution in [3.63, 3.8) is 0 Å². The van der Waals surface area contributed by atoms with Crippen LogP contribution in [0.15, 0.2) is 22.8 Å². The largest absolute Gasteiger partial charge is 0.464 e. The maximum Gasteiger partial charge on any atom is 0.224 e. The first kappa shape index (κ1) is 22.7. The second-order valence-electron chi connectivity index (χ2n) is 8.26. The number of ether oxygens (including phenoxy) is 1. The van der Waals surface area contributed by atoms with Gasteiger partial charge in [-0.05, 0) is 62.0 Å². The Kier molecular flexibility index (Phi) is 7.93. The van der Waals surface area contributed by atoms with E-state index in [0.29, 0.717) is 25.5 Å². The lowest BCUT2D eigenvalue weighted by atomic mass is 9.79. The molecule has 1 fully saturated rings. The first-order chi connectivity index (χ1) is 12.9. The van der Waals surface area contributed by atoms with E-state index in [4.69, 9.17) is 9.15 Å². The summed E-state index contributed by atoms with van der Waals surface area (Å²) in [6, 6.07) is 4.26. The molecule has 156 valence electrons. The van der Waals surface area contributed by atoms with E-state index in [-0.39, 0.29) is 23.7 Å². The van der Waals surface area contributed by atoms with E-state index in [1.165, 1.54) is 11.1 Å². The Labute approximate surface area is 174 Å². The van der Waals surface area contributed by atoms with E-state index in [2.05, 4.69) is 43.5 Å². The molecule has 0 aliphatic carbocycles. The van der Waals surface area contributed by atoms with Gasteiger partial charge in [0.05, 0.1) is 19.3 Å². The van der Waals surface area contributed by atoms with Crippen LogP contribution < -0.4 is 10.6 Å². The number of rotatable bonds is 7. The number of hydrogen-bond acceptors (Lipinski definition) is 4. The number of methoxy groups -OCH3 is 1. The minimum Gasteiger partial charge on any atom is -0.464 e. The normalized spacial score (nSPS) is 16.2. The summed E-state index contributed by atoms with van der Waals surface area (Å²) >= 11 is 0. The Morgan fingerprint density at radius 1 is 1.32 bits per heavy atom. The molecule has 6 heteroatoms. The van der Waals surface area contributed by atoms with Gasteiger partial charge in [0.25, 0.3) is 0 Å². The SMILES string of the molecule is COCC1(CNC(=O)Cc2coc3cc(C)c(C(C)C)cc23)CCNCC1.Cl. The van der Waals surface area contributed by atoms with E-state index in [9.17, 15) is 4.79 Å². The first-order valence-electron chi connectivity index (χ1n) is 9.91. The van der Waals surface area contributed by atoms with Crippen LogP contribution in [0.2, 0.25) is 0 Å². The molecule has 2 N–H and O–H groups in total. The molecule has 2 heterocycles. The molecular formula is C22H33ClN2O3. The molecule has 0 radical (unpaired) electrons. The number of piperidine rings is 1. The van der Waals surface area contributed by atoms with Gasteiger partial charge in [-0.3, -0.25) is 4.79 Å². The highest BCUT2D eigenvalue weighted by molar-refractivity contribution is 5.88. The summed E-state index contributed by atoms with van der Waals surface area (Å²) < 4.78 is 11.1. The molecular weight excluding hydrogens is 376 g/mol. The highest BCUT2D eigenvalue weighted by Gasteiger charge is 2.32. The molecule has 1 aromatic heterocycles. The van der Waals surface area contributed by atoms with Gasteiger partial charge < -0.3 is 19.8 Å². The number of nitrogens with one attached hydrogen (secondary N) is 2. The summed E-state index contributed by atoms with van der Waals surface area (Å²) in [6.07, 6.45) is 4.11. The monoisotopic (exact) mass is 408 g/mol. The van der Waals surface area contributed by atoms with Gasteiger partial charge in [-0.15, -0.1) is 12.4 Å². The van der Waals surface area contributed by atoms with Crippen molar-refractivity contribution in [2.75, 3.05) is 33.4 Å². The molecule has 28 heavy (non-hydrogen) atoms. The molecule has 0 saturated carbocycles. The number of fused-ring (bicyclic) bond motifs is 1. The van der Waals surface area contributed by atoms with Crippen LogP contribution >= 0.6 is 12.4 Å². The summed E-state index contributed by atoms with van der Waals surface area (Å²) in [4.78, 5) is 12.6. The molecule has 1 aromatic carbocycles. The fraction of sp³-hybridized carbons (Fsp3) is 0.591. The van der Waals surface area contributed by atoms with Gasteiger partial charge in [0.2, 0.25) is 5.91 Å². The highest BCUT2D eigenvalue weighted by Crippen LogP contribution is 2.30. The zero-order valence-corrected chi connectivity index (χ0v) is 18.2. The van der Waals surface area contributed by atoms with Gasteiger partial charge in [0, 0.05) is 30.0 Å². The number of carbonyl (C=O) groups is 1. The van der Waals surface area contributed by atoms with Gasteiger partial charge in [0.15, 0.2) is 0 Å². The van der Waals surface area contributed by atoms with E-state index >= 15 is 0 Å². The number of halogens is 1. The molecule has 0 bridgehead atoms. The molecule has 1 amide bonds. The molecule has 5 nitrogen and oxygen atoms in total. The van der Waals surface area contributed by atoms with Crippen molar-refractivity contribution in [3.05, 3.63) is 35.1 Å².